The highest BCUT2D eigenvalue weighted by atomic mass is 16.6. The Kier molecular flexibility index (Phi) is 7.82. The quantitative estimate of drug-likeness (QED) is 0.699. The van der Waals surface area contributed by atoms with Gasteiger partial charge in [-0.05, 0) is 30.1 Å². The minimum absolute atomic E-state index is 0.0280. The van der Waals surface area contributed by atoms with Crippen molar-refractivity contribution >= 4 is 12.2 Å². The Morgan fingerprint density at radius 3 is 2.29 bits per heavy atom. The van der Waals surface area contributed by atoms with E-state index in [0.717, 1.165) is 12.8 Å². The molecule has 6 nitrogen and oxygen atoms in total. The standard InChI is InChI=1S/C18H30N2O4/c1-6-8-23-16(21)19-12-15-13(3)10-14(11-18(15,4)5)20-17(22)24-9-7-2/h6-7,13-15H,1-2,8-12H2,3-5H3,(H,19,21)(H,20,22). The van der Waals surface area contributed by atoms with Crippen LogP contribution < -0.4 is 10.6 Å². The molecular weight excluding hydrogens is 308 g/mol. The van der Waals surface area contributed by atoms with Crippen LogP contribution in [0.3, 0.4) is 0 Å². The van der Waals surface area contributed by atoms with Crippen LogP contribution in [0.1, 0.15) is 33.6 Å². The molecule has 6 heteroatoms. The summed E-state index contributed by atoms with van der Waals surface area (Å²) in [7, 11) is 0. The van der Waals surface area contributed by atoms with Crippen molar-refractivity contribution < 1.29 is 19.1 Å². The molecule has 2 N–H and O–H groups in total. The monoisotopic (exact) mass is 338 g/mol. The van der Waals surface area contributed by atoms with Crippen LogP contribution >= 0.6 is 0 Å². The summed E-state index contributed by atoms with van der Waals surface area (Å²) in [5.74, 6) is 0.647. The van der Waals surface area contributed by atoms with E-state index >= 15 is 0 Å². The summed E-state index contributed by atoms with van der Waals surface area (Å²) in [6.07, 6.45) is 3.92. The van der Waals surface area contributed by atoms with Gasteiger partial charge in [0.15, 0.2) is 0 Å². The molecule has 0 spiro atoms. The molecule has 0 aromatic rings. The zero-order valence-corrected chi connectivity index (χ0v) is 15.0. The molecule has 3 atom stereocenters. The maximum absolute atomic E-state index is 11.7. The summed E-state index contributed by atoms with van der Waals surface area (Å²) in [5, 5.41) is 5.75. The minimum atomic E-state index is -0.425. The predicted octanol–water partition coefficient (Wildman–Crippen LogP) is 3.25. The van der Waals surface area contributed by atoms with Gasteiger partial charge in [-0.3, -0.25) is 0 Å². The molecule has 136 valence electrons. The number of hydrogen-bond donors (Lipinski definition) is 2. The van der Waals surface area contributed by atoms with Crippen LogP contribution in [-0.2, 0) is 9.47 Å². The van der Waals surface area contributed by atoms with Gasteiger partial charge >= 0.3 is 12.2 Å². The van der Waals surface area contributed by atoms with Gasteiger partial charge in [0.25, 0.3) is 0 Å². The normalized spacial score (nSPS) is 25.2. The lowest BCUT2D eigenvalue weighted by Gasteiger charge is -2.46. The van der Waals surface area contributed by atoms with E-state index in [1.54, 1.807) is 6.08 Å². The number of carbonyl (C=O) groups excluding carboxylic acids is 2. The molecule has 0 aromatic heterocycles. The lowest BCUT2D eigenvalue weighted by atomic mass is 9.62. The molecule has 24 heavy (non-hydrogen) atoms. The lowest BCUT2D eigenvalue weighted by Crippen LogP contribution is -2.50. The SMILES string of the molecule is C=CCOC(=O)NCC1C(C)CC(NC(=O)OCC=C)CC1(C)C. The van der Waals surface area contributed by atoms with Crippen LogP contribution in [-0.4, -0.2) is 38.0 Å². The van der Waals surface area contributed by atoms with Crippen molar-refractivity contribution in [1.82, 2.24) is 10.6 Å². The van der Waals surface area contributed by atoms with Crippen LogP contribution in [0.15, 0.2) is 25.3 Å². The molecule has 2 amide bonds. The Balaban J connectivity index is 2.54. The van der Waals surface area contributed by atoms with Gasteiger partial charge in [0.2, 0.25) is 0 Å². The maximum Gasteiger partial charge on any atom is 0.407 e. The number of rotatable bonds is 7. The third kappa shape index (κ3) is 6.26. The maximum atomic E-state index is 11.7. The molecule has 3 unspecified atom stereocenters. The number of hydrogen-bond acceptors (Lipinski definition) is 4. The second kappa shape index (κ2) is 9.35. The second-order valence-corrected chi connectivity index (χ2v) is 7.01. The molecule has 0 saturated heterocycles. The van der Waals surface area contributed by atoms with E-state index in [0.29, 0.717) is 18.4 Å². The van der Waals surface area contributed by atoms with E-state index in [1.807, 2.05) is 0 Å². The minimum Gasteiger partial charge on any atom is -0.445 e. The van der Waals surface area contributed by atoms with Crippen molar-refractivity contribution in [3.05, 3.63) is 25.3 Å². The Labute approximate surface area is 144 Å². The van der Waals surface area contributed by atoms with Gasteiger partial charge in [0.1, 0.15) is 13.2 Å². The van der Waals surface area contributed by atoms with Gasteiger partial charge in [-0.1, -0.05) is 46.1 Å². The smallest absolute Gasteiger partial charge is 0.407 e. The predicted molar refractivity (Wildman–Crippen MR) is 93.7 cm³/mol. The van der Waals surface area contributed by atoms with Crippen molar-refractivity contribution in [3.63, 3.8) is 0 Å². The van der Waals surface area contributed by atoms with E-state index in [9.17, 15) is 9.59 Å². The number of amides is 2. The molecule has 1 saturated carbocycles. The molecule has 0 aliphatic heterocycles. The van der Waals surface area contributed by atoms with Gasteiger partial charge in [-0.15, -0.1) is 0 Å². The van der Waals surface area contributed by atoms with Crippen LogP contribution in [0, 0.1) is 17.3 Å². The molecule has 1 fully saturated rings. The molecule has 0 heterocycles. The lowest BCUT2D eigenvalue weighted by molar-refractivity contribution is 0.0559. The molecule has 0 radical (unpaired) electrons. The van der Waals surface area contributed by atoms with Gasteiger partial charge in [-0.2, -0.15) is 0 Å². The zero-order chi connectivity index (χ0) is 18.2. The first kappa shape index (κ1) is 20.1. The third-order valence-corrected chi connectivity index (χ3v) is 4.57. The largest absolute Gasteiger partial charge is 0.445 e. The highest BCUT2D eigenvalue weighted by Gasteiger charge is 2.41. The van der Waals surface area contributed by atoms with E-state index < -0.39 is 12.2 Å². The van der Waals surface area contributed by atoms with E-state index in [4.69, 9.17) is 9.47 Å². The molecule has 1 aliphatic carbocycles. The summed E-state index contributed by atoms with van der Waals surface area (Å²) in [4.78, 5) is 23.3. The summed E-state index contributed by atoms with van der Waals surface area (Å²) in [6, 6.07) is 0.0660. The first-order valence-electron chi connectivity index (χ1n) is 8.35. The highest BCUT2D eigenvalue weighted by Crippen LogP contribution is 2.43. The van der Waals surface area contributed by atoms with Crippen molar-refractivity contribution in [2.24, 2.45) is 17.3 Å². The van der Waals surface area contributed by atoms with Gasteiger partial charge in [0.05, 0.1) is 0 Å². The van der Waals surface area contributed by atoms with Crippen LogP contribution in [0.25, 0.3) is 0 Å². The van der Waals surface area contributed by atoms with Gasteiger partial charge in [-0.25, -0.2) is 9.59 Å². The van der Waals surface area contributed by atoms with Crippen molar-refractivity contribution in [1.29, 1.82) is 0 Å². The Morgan fingerprint density at radius 2 is 1.75 bits per heavy atom. The zero-order valence-electron chi connectivity index (χ0n) is 15.0. The molecular formula is C18H30N2O4. The Morgan fingerprint density at radius 1 is 1.17 bits per heavy atom. The highest BCUT2D eigenvalue weighted by molar-refractivity contribution is 5.68. The van der Waals surface area contributed by atoms with Crippen molar-refractivity contribution in [2.75, 3.05) is 19.8 Å². The Hall–Kier alpha value is -1.98. The summed E-state index contributed by atoms with van der Waals surface area (Å²) in [6.45, 7) is 14.5. The van der Waals surface area contributed by atoms with Crippen LogP contribution in [0.4, 0.5) is 9.59 Å². The van der Waals surface area contributed by atoms with Crippen LogP contribution in [0.5, 0.6) is 0 Å². The summed E-state index contributed by atoms with van der Waals surface area (Å²) in [5.41, 5.74) is -0.0280. The van der Waals surface area contributed by atoms with E-state index in [2.05, 4.69) is 44.6 Å². The van der Waals surface area contributed by atoms with Gasteiger partial charge in [0, 0.05) is 12.6 Å². The number of nitrogens with one attached hydrogen (secondary N) is 2. The van der Waals surface area contributed by atoms with E-state index in [1.165, 1.54) is 6.08 Å². The fourth-order valence-electron chi connectivity index (χ4n) is 3.56. The summed E-state index contributed by atoms with van der Waals surface area (Å²) < 4.78 is 9.94. The molecule has 0 bridgehead atoms. The second-order valence-electron chi connectivity index (χ2n) is 7.01. The number of carbonyl (C=O) groups is 2. The average molecular weight is 338 g/mol. The van der Waals surface area contributed by atoms with Gasteiger partial charge < -0.3 is 20.1 Å². The van der Waals surface area contributed by atoms with Crippen molar-refractivity contribution in [2.45, 2.75) is 39.7 Å². The molecule has 1 aliphatic rings. The number of alkyl carbamates (subject to hydrolysis) is 2. The van der Waals surface area contributed by atoms with Crippen molar-refractivity contribution in [3.8, 4) is 0 Å². The first-order valence-corrected chi connectivity index (χ1v) is 8.35. The van der Waals surface area contributed by atoms with Crippen LogP contribution in [0.2, 0.25) is 0 Å². The fraction of sp³-hybridized carbons (Fsp3) is 0.667. The first-order chi connectivity index (χ1) is 11.3. The topological polar surface area (TPSA) is 76.7 Å². The van der Waals surface area contributed by atoms with E-state index in [-0.39, 0.29) is 24.7 Å². The third-order valence-electron chi connectivity index (χ3n) is 4.57. The summed E-state index contributed by atoms with van der Waals surface area (Å²) >= 11 is 0. The molecule has 0 aromatic carbocycles. The Bertz CT molecular complexity index is 462. The fourth-order valence-corrected chi connectivity index (χ4v) is 3.56. The number of ether oxygens (including phenoxy) is 2. The molecule has 1 rings (SSSR count). The average Bonchev–Trinajstić information content (AvgIpc) is 2.49.